The molecule has 1 aliphatic carbocycles. The van der Waals surface area contributed by atoms with E-state index in [0.29, 0.717) is 32.4 Å². The highest BCUT2D eigenvalue weighted by Gasteiger charge is 2.28. The Hall–Kier alpha value is -3.98. The molecule has 1 N–H and O–H groups in total. The van der Waals surface area contributed by atoms with Crippen molar-refractivity contribution in [1.82, 2.24) is 4.57 Å². The number of ether oxygens (including phenoxy) is 2. The molecule has 2 heterocycles. The molecule has 0 spiro atoms. The molecule has 0 unspecified atom stereocenters. The molecule has 0 atom stereocenters. The van der Waals surface area contributed by atoms with E-state index in [1.807, 2.05) is 0 Å². The van der Waals surface area contributed by atoms with Crippen LogP contribution < -0.4 is 10.7 Å². The SMILES string of the molecule is COC(=O)c1c(NC(=O)COC(=O)Cn2c3ccccc3c(=O)c3ccccc32)sc2c1CCC2. The molecule has 5 rings (SSSR count). The van der Waals surface area contributed by atoms with Crippen LogP contribution in [-0.2, 0) is 38.4 Å². The van der Waals surface area contributed by atoms with E-state index in [9.17, 15) is 19.2 Å². The van der Waals surface area contributed by atoms with Crippen LogP contribution in [0.15, 0.2) is 53.3 Å². The molecule has 0 fully saturated rings. The zero-order valence-electron chi connectivity index (χ0n) is 19.0. The van der Waals surface area contributed by atoms with E-state index >= 15 is 0 Å². The maximum absolute atomic E-state index is 12.8. The van der Waals surface area contributed by atoms with Gasteiger partial charge in [-0.15, -0.1) is 11.3 Å². The number of esters is 2. The predicted octanol–water partition coefficient (Wildman–Crippen LogP) is 3.67. The molecule has 4 aromatic rings. The molecule has 1 amide bonds. The number of carbonyl (C=O) groups excluding carboxylic acids is 3. The number of methoxy groups -OCH3 is 1. The molecule has 0 radical (unpaired) electrons. The average molecular weight is 491 g/mol. The molecule has 9 heteroatoms. The maximum atomic E-state index is 12.8. The Morgan fingerprint density at radius 1 is 1.00 bits per heavy atom. The van der Waals surface area contributed by atoms with Crippen LogP contribution in [0.4, 0.5) is 5.00 Å². The number of thiophene rings is 1. The number of benzene rings is 2. The zero-order chi connectivity index (χ0) is 24.5. The monoisotopic (exact) mass is 490 g/mol. The normalized spacial score (nSPS) is 12.5. The lowest BCUT2D eigenvalue weighted by molar-refractivity contribution is -0.147. The summed E-state index contributed by atoms with van der Waals surface area (Å²) in [6.07, 6.45) is 2.59. The Kier molecular flexibility index (Phi) is 6.08. The van der Waals surface area contributed by atoms with Gasteiger partial charge in [-0.05, 0) is 49.1 Å². The molecule has 2 aromatic carbocycles. The Bertz CT molecular complexity index is 1490. The van der Waals surface area contributed by atoms with E-state index in [1.54, 1.807) is 53.1 Å². The van der Waals surface area contributed by atoms with Gasteiger partial charge in [0.15, 0.2) is 12.0 Å². The van der Waals surface area contributed by atoms with Crippen LogP contribution in [0, 0.1) is 0 Å². The number of hydrogen-bond acceptors (Lipinski definition) is 7. The second kappa shape index (κ2) is 9.34. The number of pyridine rings is 1. The van der Waals surface area contributed by atoms with E-state index in [0.717, 1.165) is 29.7 Å². The molecule has 35 heavy (non-hydrogen) atoms. The Morgan fingerprint density at radius 2 is 1.66 bits per heavy atom. The van der Waals surface area contributed by atoms with E-state index in [-0.39, 0.29) is 12.0 Å². The summed E-state index contributed by atoms with van der Waals surface area (Å²) in [6.45, 7) is -0.673. The quantitative estimate of drug-likeness (QED) is 0.327. The number of aryl methyl sites for hydroxylation is 1. The molecular formula is C26H22N2O6S. The molecule has 0 aliphatic heterocycles. The highest BCUT2D eigenvalue weighted by atomic mass is 32.1. The number of hydrogen-bond donors (Lipinski definition) is 1. The summed E-state index contributed by atoms with van der Waals surface area (Å²) < 4.78 is 11.9. The van der Waals surface area contributed by atoms with E-state index in [4.69, 9.17) is 9.47 Å². The minimum Gasteiger partial charge on any atom is -0.465 e. The third-order valence-electron chi connectivity index (χ3n) is 6.09. The maximum Gasteiger partial charge on any atom is 0.341 e. The summed E-state index contributed by atoms with van der Waals surface area (Å²) in [7, 11) is 1.30. The number of carbonyl (C=O) groups is 3. The van der Waals surface area contributed by atoms with Gasteiger partial charge < -0.3 is 19.4 Å². The highest BCUT2D eigenvalue weighted by molar-refractivity contribution is 7.17. The summed E-state index contributed by atoms with van der Waals surface area (Å²) >= 11 is 1.35. The molecule has 8 nitrogen and oxygen atoms in total. The van der Waals surface area contributed by atoms with Gasteiger partial charge in [0, 0.05) is 15.6 Å². The topological polar surface area (TPSA) is 104 Å². The Labute approximate surface area is 204 Å². The zero-order valence-corrected chi connectivity index (χ0v) is 19.8. The molecular weight excluding hydrogens is 468 g/mol. The van der Waals surface area contributed by atoms with Crippen molar-refractivity contribution in [1.29, 1.82) is 0 Å². The first kappa shape index (κ1) is 22.8. The van der Waals surface area contributed by atoms with E-state index in [1.165, 1.54) is 18.4 Å². The predicted molar refractivity (Wildman–Crippen MR) is 133 cm³/mol. The number of nitrogens with one attached hydrogen (secondary N) is 1. The fourth-order valence-corrected chi connectivity index (χ4v) is 5.83. The summed E-state index contributed by atoms with van der Waals surface area (Å²) in [5.41, 5.74) is 2.41. The van der Waals surface area contributed by atoms with Gasteiger partial charge in [-0.1, -0.05) is 24.3 Å². The van der Waals surface area contributed by atoms with Crippen LogP contribution in [0.5, 0.6) is 0 Å². The van der Waals surface area contributed by atoms with Crippen molar-refractivity contribution in [3.8, 4) is 0 Å². The number of anilines is 1. The van der Waals surface area contributed by atoms with Gasteiger partial charge in [0.1, 0.15) is 11.5 Å². The second-order valence-corrected chi connectivity index (χ2v) is 9.32. The van der Waals surface area contributed by atoms with Crippen LogP contribution in [0.1, 0.15) is 27.2 Å². The number of para-hydroxylation sites is 2. The number of nitrogens with zero attached hydrogens (tertiary/aromatic N) is 1. The molecule has 1 aliphatic rings. The van der Waals surface area contributed by atoms with Crippen LogP contribution in [0.3, 0.4) is 0 Å². The molecule has 178 valence electrons. The van der Waals surface area contributed by atoms with Crippen molar-refractivity contribution in [2.45, 2.75) is 25.8 Å². The molecule has 0 bridgehead atoms. The van der Waals surface area contributed by atoms with Gasteiger partial charge in [0.25, 0.3) is 5.91 Å². The van der Waals surface area contributed by atoms with Crippen molar-refractivity contribution in [3.63, 3.8) is 0 Å². The average Bonchev–Trinajstić information content (AvgIpc) is 3.46. The number of rotatable bonds is 6. The second-order valence-electron chi connectivity index (χ2n) is 8.21. The number of aromatic nitrogens is 1. The largest absolute Gasteiger partial charge is 0.465 e. The van der Waals surface area contributed by atoms with Crippen LogP contribution in [0.25, 0.3) is 21.8 Å². The molecule has 0 saturated carbocycles. The van der Waals surface area contributed by atoms with E-state index in [2.05, 4.69) is 5.32 Å². The van der Waals surface area contributed by atoms with Gasteiger partial charge in [-0.25, -0.2) is 4.79 Å². The Morgan fingerprint density at radius 3 is 2.31 bits per heavy atom. The smallest absolute Gasteiger partial charge is 0.341 e. The van der Waals surface area contributed by atoms with Gasteiger partial charge in [-0.3, -0.25) is 14.4 Å². The minimum absolute atomic E-state index is 0.107. The highest BCUT2D eigenvalue weighted by Crippen LogP contribution is 2.39. The van der Waals surface area contributed by atoms with Crippen molar-refractivity contribution in [3.05, 3.63) is 74.8 Å². The summed E-state index contributed by atoms with van der Waals surface area (Å²) in [6, 6.07) is 14.1. The number of fused-ring (bicyclic) bond motifs is 3. The fourth-order valence-electron chi connectivity index (χ4n) is 4.54. The van der Waals surface area contributed by atoms with Gasteiger partial charge in [0.2, 0.25) is 0 Å². The first-order chi connectivity index (χ1) is 17.0. The van der Waals surface area contributed by atoms with Gasteiger partial charge >= 0.3 is 11.9 Å². The number of amides is 1. The third-order valence-corrected chi connectivity index (χ3v) is 7.30. The lowest BCUT2D eigenvalue weighted by Gasteiger charge is -2.14. The van der Waals surface area contributed by atoms with Crippen molar-refractivity contribution < 1.29 is 23.9 Å². The third kappa shape index (κ3) is 4.19. The van der Waals surface area contributed by atoms with Crippen LogP contribution >= 0.6 is 11.3 Å². The lowest BCUT2D eigenvalue weighted by Crippen LogP contribution is -2.24. The molecule has 0 saturated heterocycles. The van der Waals surface area contributed by atoms with Gasteiger partial charge in [-0.2, -0.15) is 0 Å². The van der Waals surface area contributed by atoms with Crippen molar-refractivity contribution >= 4 is 56.0 Å². The van der Waals surface area contributed by atoms with E-state index < -0.39 is 24.5 Å². The fraction of sp³-hybridized carbons (Fsp3) is 0.231. The Balaban J connectivity index is 1.33. The first-order valence-corrected chi connectivity index (χ1v) is 12.0. The van der Waals surface area contributed by atoms with Crippen LogP contribution in [-0.4, -0.2) is 36.1 Å². The molecule has 2 aromatic heterocycles. The lowest BCUT2D eigenvalue weighted by atomic mass is 10.1. The summed E-state index contributed by atoms with van der Waals surface area (Å²) in [5, 5.41) is 4.11. The van der Waals surface area contributed by atoms with Crippen LogP contribution in [0.2, 0.25) is 0 Å². The van der Waals surface area contributed by atoms with Crippen molar-refractivity contribution in [2.24, 2.45) is 0 Å². The van der Waals surface area contributed by atoms with Gasteiger partial charge in [0.05, 0.1) is 23.7 Å². The summed E-state index contributed by atoms with van der Waals surface area (Å²) in [5.74, 6) is -1.66. The minimum atomic E-state index is -0.624. The summed E-state index contributed by atoms with van der Waals surface area (Å²) in [4.78, 5) is 51.4. The first-order valence-electron chi connectivity index (χ1n) is 11.2. The van der Waals surface area contributed by atoms with Crippen molar-refractivity contribution in [2.75, 3.05) is 19.0 Å². The standard InChI is InChI=1S/C26H22N2O6S/c1-33-26(32)23-17-9-6-12-20(17)35-25(23)27-21(29)14-34-22(30)13-28-18-10-4-2-7-15(18)24(31)16-8-3-5-11-19(16)28/h2-5,7-8,10-11H,6,9,12-14H2,1H3,(H,27,29).